The van der Waals surface area contributed by atoms with Gasteiger partial charge in [-0.15, -0.1) is 0 Å². The summed E-state index contributed by atoms with van der Waals surface area (Å²) < 4.78 is 6.30. The smallest absolute Gasteiger partial charge is 0.119 e. The van der Waals surface area contributed by atoms with Crippen molar-refractivity contribution in [3.63, 3.8) is 0 Å². The SMILES string of the molecule is C[C@@H]1Cc2ccccc2C2CCC3(C)C(CC[C@@H]3CCOc3ccc(CN4CCCCC4)cc3)C21. The molecule has 3 fully saturated rings. The Kier molecular flexibility index (Phi) is 6.69. The van der Waals surface area contributed by atoms with Gasteiger partial charge in [0.25, 0.3) is 0 Å². The van der Waals surface area contributed by atoms with Crippen LogP contribution < -0.4 is 4.74 Å². The molecule has 4 unspecified atom stereocenters. The third-order valence-corrected chi connectivity index (χ3v) is 10.7. The van der Waals surface area contributed by atoms with Crippen LogP contribution in [-0.2, 0) is 13.0 Å². The molecule has 0 spiro atoms. The largest absolute Gasteiger partial charge is 0.494 e. The molecule has 0 N–H and O–H groups in total. The summed E-state index contributed by atoms with van der Waals surface area (Å²) in [5.74, 6) is 5.25. The topological polar surface area (TPSA) is 12.5 Å². The van der Waals surface area contributed by atoms with Crippen LogP contribution in [0.25, 0.3) is 0 Å². The van der Waals surface area contributed by atoms with E-state index in [-0.39, 0.29) is 0 Å². The Labute approximate surface area is 213 Å². The molecule has 2 saturated carbocycles. The minimum Gasteiger partial charge on any atom is -0.494 e. The van der Waals surface area contributed by atoms with Gasteiger partial charge < -0.3 is 4.74 Å². The van der Waals surface area contributed by atoms with Gasteiger partial charge in [0.05, 0.1) is 6.61 Å². The van der Waals surface area contributed by atoms with E-state index in [0.717, 1.165) is 48.5 Å². The molecular formula is C33H45NO. The van der Waals surface area contributed by atoms with Gasteiger partial charge in [0, 0.05) is 6.54 Å². The van der Waals surface area contributed by atoms with Crippen molar-refractivity contribution in [3.05, 3.63) is 65.2 Å². The van der Waals surface area contributed by atoms with Gasteiger partial charge in [0.2, 0.25) is 0 Å². The molecule has 0 radical (unpaired) electrons. The van der Waals surface area contributed by atoms with Crippen molar-refractivity contribution in [2.45, 2.75) is 84.1 Å². The third-order valence-electron chi connectivity index (χ3n) is 10.7. The molecule has 6 atom stereocenters. The molecule has 1 heterocycles. The minimum absolute atomic E-state index is 0.503. The zero-order chi connectivity index (χ0) is 23.8. The molecule has 4 aliphatic rings. The molecule has 3 aliphatic carbocycles. The Morgan fingerprint density at radius 2 is 1.74 bits per heavy atom. The predicted molar refractivity (Wildman–Crippen MR) is 145 cm³/mol. The van der Waals surface area contributed by atoms with Gasteiger partial charge in [-0.25, -0.2) is 0 Å². The Morgan fingerprint density at radius 1 is 0.943 bits per heavy atom. The first-order valence-corrected chi connectivity index (χ1v) is 14.6. The van der Waals surface area contributed by atoms with E-state index >= 15 is 0 Å². The van der Waals surface area contributed by atoms with Gasteiger partial charge in [-0.2, -0.15) is 0 Å². The Bertz CT molecular complexity index is 992. The van der Waals surface area contributed by atoms with E-state index in [1.54, 1.807) is 11.1 Å². The fourth-order valence-corrected chi connectivity index (χ4v) is 8.88. The lowest BCUT2D eigenvalue weighted by Gasteiger charge is -2.53. The van der Waals surface area contributed by atoms with Crippen LogP contribution in [0.5, 0.6) is 5.75 Å². The zero-order valence-corrected chi connectivity index (χ0v) is 22.1. The van der Waals surface area contributed by atoms with Crippen LogP contribution in [0.3, 0.4) is 0 Å². The highest BCUT2D eigenvalue weighted by molar-refractivity contribution is 5.35. The van der Waals surface area contributed by atoms with E-state index in [9.17, 15) is 0 Å². The molecule has 188 valence electrons. The van der Waals surface area contributed by atoms with Crippen LogP contribution in [0, 0.1) is 29.1 Å². The van der Waals surface area contributed by atoms with Crippen molar-refractivity contribution in [2.24, 2.45) is 29.1 Å². The van der Waals surface area contributed by atoms with Crippen LogP contribution in [0.4, 0.5) is 0 Å². The van der Waals surface area contributed by atoms with E-state index in [4.69, 9.17) is 4.74 Å². The number of hydrogen-bond donors (Lipinski definition) is 0. The molecule has 0 aromatic heterocycles. The maximum atomic E-state index is 6.30. The molecule has 0 bridgehead atoms. The van der Waals surface area contributed by atoms with Gasteiger partial charge in [0.15, 0.2) is 0 Å². The van der Waals surface area contributed by atoms with Crippen LogP contribution in [0.15, 0.2) is 48.5 Å². The molecule has 6 rings (SSSR count). The highest BCUT2D eigenvalue weighted by atomic mass is 16.5. The lowest BCUT2D eigenvalue weighted by Crippen LogP contribution is -2.45. The third kappa shape index (κ3) is 4.57. The summed E-state index contributed by atoms with van der Waals surface area (Å²) in [5, 5.41) is 0. The van der Waals surface area contributed by atoms with Crippen LogP contribution in [0.1, 0.15) is 87.8 Å². The van der Waals surface area contributed by atoms with E-state index in [1.807, 2.05) is 0 Å². The fraction of sp³-hybridized carbons (Fsp3) is 0.636. The number of fused-ring (bicyclic) bond motifs is 5. The number of ether oxygens (including phenoxy) is 1. The molecule has 1 saturated heterocycles. The lowest BCUT2D eigenvalue weighted by molar-refractivity contribution is 0.000950. The summed E-state index contributed by atoms with van der Waals surface area (Å²) in [6, 6.07) is 18.3. The minimum atomic E-state index is 0.503. The van der Waals surface area contributed by atoms with Crippen molar-refractivity contribution in [1.82, 2.24) is 4.90 Å². The average molecular weight is 472 g/mol. The van der Waals surface area contributed by atoms with Crippen molar-refractivity contribution < 1.29 is 4.74 Å². The summed E-state index contributed by atoms with van der Waals surface area (Å²) in [6.07, 6.45) is 12.2. The normalized spacial score (nSPS) is 34.6. The maximum Gasteiger partial charge on any atom is 0.119 e. The lowest BCUT2D eigenvalue weighted by atomic mass is 9.51. The van der Waals surface area contributed by atoms with Crippen LogP contribution in [-0.4, -0.2) is 24.6 Å². The Morgan fingerprint density at radius 3 is 2.57 bits per heavy atom. The predicted octanol–water partition coefficient (Wildman–Crippen LogP) is 7.86. The van der Waals surface area contributed by atoms with Crippen molar-refractivity contribution in [3.8, 4) is 5.75 Å². The summed E-state index contributed by atoms with van der Waals surface area (Å²) in [6.45, 7) is 9.66. The number of likely N-dealkylation sites (tertiary alicyclic amines) is 1. The quantitative estimate of drug-likeness (QED) is 0.425. The number of rotatable bonds is 6. The number of piperidine rings is 1. The van der Waals surface area contributed by atoms with Gasteiger partial charge in [-0.1, -0.05) is 56.7 Å². The summed E-state index contributed by atoms with van der Waals surface area (Å²) in [4.78, 5) is 2.59. The summed E-state index contributed by atoms with van der Waals surface area (Å²) >= 11 is 0. The molecule has 0 amide bonds. The summed E-state index contributed by atoms with van der Waals surface area (Å²) in [7, 11) is 0. The van der Waals surface area contributed by atoms with E-state index in [2.05, 4.69) is 67.3 Å². The van der Waals surface area contributed by atoms with Crippen molar-refractivity contribution in [2.75, 3.05) is 19.7 Å². The number of nitrogens with zero attached hydrogens (tertiary/aromatic N) is 1. The highest BCUT2D eigenvalue weighted by Gasteiger charge is 2.55. The van der Waals surface area contributed by atoms with E-state index in [0.29, 0.717) is 5.41 Å². The molecule has 2 heteroatoms. The second-order valence-corrected chi connectivity index (χ2v) is 12.6. The second kappa shape index (κ2) is 9.92. The molecule has 1 aliphatic heterocycles. The molecule has 2 aromatic carbocycles. The monoisotopic (exact) mass is 471 g/mol. The van der Waals surface area contributed by atoms with Crippen molar-refractivity contribution >= 4 is 0 Å². The first-order chi connectivity index (χ1) is 17.1. The summed E-state index contributed by atoms with van der Waals surface area (Å²) in [5.41, 5.74) is 5.25. The van der Waals surface area contributed by atoms with Gasteiger partial charge in [-0.3, -0.25) is 4.90 Å². The second-order valence-electron chi connectivity index (χ2n) is 12.6. The highest BCUT2D eigenvalue weighted by Crippen LogP contribution is 2.64. The Balaban J connectivity index is 1.05. The Hall–Kier alpha value is -1.80. The zero-order valence-electron chi connectivity index (χ0n) is 22.1. The first-order valence-electron chi connectivity index (χ1n) is 14.6. The molecule has 2 nitrogen and oxygen atoms in total. The van der Waals surface area contributed by atoms with Crippen LogP contribution in [0.2, 0.25) is 0 Å². The van der Waals surface area contributed by atoms with Crippen molar-refractivity contribution in [1.29, 1.82) is 0 Å². The van der Waals surface area contributed by atoms with E-state index < -0.39 is 0 Å². The molecule has 2 aromatic rings. The molecular weight excluding hydrogens is 426 g/mol. The standard InChI is InChI=1S/C33H45NO/c1-24-22-26-8-4-5-9-29(26)30-16-18-33(2)27(12-15-31(33)32(24)30)17-21-35-28-13-10-25(11-14-28)23-34-19-6-3-7-20-34/h4-5,8-11,13-14,24,27,30-32H,3,6-7,12,15-23H2,1-2H3/t24-,27-,30?,31?,32?,33?/m1/s1. The maximum absolute atomic E-state index is 6.30. The fourth-order valence-electron chi connectivity index (χ4n) is 8.88. The average Bonchev–Trinajstić information content (AvgIpc) is 3.22. The molecule has 35 heavy (non-hydrogen) atoms. The van der Waals surface area contributed by atoms with Crippen LogP contribution >= 0.6 is 0 Å². The van der Waals surface area contributed by atoms with E-state index in [1.165, 1.54) is 76.4 Å². The van der Waals surface area contributed by atoms with Gasteiger partial charge in [0.1, 0.15) is 5.75 Å². The van der Waals surface area contributed by atoms with Gasteiger partial charge >= 0.3 is 0 Å². The van der Waals surface area contributed by atoms with Gasteiger partial charge in [-0.05, 0) is 128 Å². The number of hydrogen-bond acceptors (Lipinski definition) is 2. The first kappa shape index (κ1) is 23.6. The number of benzene rings is 2.